The molecule has 1 rings (SSSR count). The van der Waals surface area contributed by atoms with Gasteiger partial charge in [-0.2, -0.15) is 0 Å². The summed E-state index contributed by atoms with van der Waals surface area (Å²) in [4.78, 5) is 22.3. The fourth-order valence-corrected chi connectivity index (χ4v) is 1.69. The van der Waals surface area contributed by atoms with Gasteiger partial charge in [0.2, 0.25) is 5.95 Å². The molecule has 0 bridgehead atoms. The number of aryl methyl sites for hydroxylation is 1. The first-order valence-corrected chi connectivity index (χ1v) is 6.86. The molecule has 6 heteroatoms. The molecule has 1 aromatic rings. The summed E-state index contributed by atoms with van der Waals surface area (Å²) in [5, 5.41) is 3.24. The van der Waals surface area contributed by atoms with E-state index in [1.54, 1.807) is 13.8 Å². The summed E-state index contributed by atoms with van der Waals surface area (Å²) in [7, 11) is 4.09. The number of hydrogen-bond acceptors (Lipinski definition) is 6. The molecule has 0 aromatic carbocycles. The molecule has 0 radical (unpaired) electrons. The number of esters is 1. The van der Waals surface area contributed by atoms with E-state index in [9.17, 15) is 4.79 Å². The third-order valence-electron chi connectivity index (χ3n) is 2.86. The van der Waals surface area contributed by atoms with E-state index in [1.165, 1.54) is 6.20 Å². The molecule has 1 heterocycles. The second-order valence-corrected chi connectivity index (χ2v) is 5.05. The number of aromatic nitrogens is 2. The van der Waals surface area contributed by atoms with Crippen LogP contribution < -0.4 is 5.32 Å². The zero-order valence-corrected chi connectivity index (χ0v) is 12.9. The summed E-state index contributed by atoms with van der Waals surface area (Å²) in [5.41, 5.74) is 1.04. The maximum Gasteiger partial charge on any atom is 0.341 e. The Morgan fingerprint density at radius 1 is 1.50 bits per heavy atom. The van der Waals surface area contributed by atoms with Crippen LogP contribution in [0.3, 0.4) is 0 Å². The van der Waals surface area contributed by atoms with E-state index in [2.05, 4.69) is 27.1 Å². The fourth-order valence-electron chi connectivity index (χ4n) is 1.69. The molecule has 112 valence electrons. The Hall–Kier alpha value is -1.69. The third kappa shape index (κ3) is 5.13. The minimum absolute atomic E-state index is 0.269. The van der Waals surface area contributed by atoms with Crippen LogP contribution in [0, 0.1) is 6.92 Å². The van der Waals surface area contributed by atoms with Gasteiger partial charge in [0.15, 0.2) is 0 Å². The molecular weight excluding hydrogens is 256 g/mol. The highest BCUT2D eigenvalue weighted by Crippen LogP contribution is 2.10. The van der Waals surface area contributed by atoms with Gasteiger partial charge in [-0.25, -0.2) is 14.8 Å². The third-order valence-corrected chi connectivity index (χ3v) is 2.86. The molecule has 1 N–H and O–H groups in total. The lowest BCUT2D eigenvalue weighted by Crippen LogP contribution is -2.24. The number of nitrogens with one attached hydrogen (secondary N) is 1. The number of carbonyl (C=O) groups excluding carboxylic acids is 1. The Kier molecular flexibility index (Phi) is 6.38. The first-order chi connectivity index (χ1) is 9.43. The molecule has 0 aliphatic rings. The largest absolute Gasteiger partial charge is 0.462 e. The smallest absolute Gasteiger partial charge is 0.341 e. The Balaban J connectivity index is 2.65. The van der Waals surface area contributed by atoms with Crippen molar-refractivity contribution >= 4 is 11.9 Å². The summed E-state index contributed by atoms with van der Waals surface area (Å²) in [6, 6.07) is 0.269. The molecule has 1 aromatic heterocycles. The summed E-state index contributed by atoms with van der Waals surface area (Å²) in [6.45, 7) is 6.98. The lowest BCUT2D eigenvalue weighted by Gasteiger charge is -2.17. The highest BCUT2D eigenvalue weighted by Gasteiger charge is 2.13. The fraction of sp³-hybridized carbons (Fsp3) is 0.643. The zero-order valence-electron chi connectivity index (χ0n) is 12.9. The zero-order chi connectivity index (χ0) is 15.1. The number of nitrogens with zero attached hydrogens (tertiary/aromatic N) is 3. The van der Waals surface area contributed by atoms with E-state index in [0.717, 1.165) is 13.0 Å². The van der Waals surface area contributed by atoms with Crippen LogP contribution in [-0.4, -0.2) is 54.1 Å². The van der Waals surface area contributed by atoms with Crippen LogP contribution in [0.2, 0.25) is 0 Å². The topological polar surface area (TPSA) is 67.3 Å². The lowest BCUT2D eigenvalue weighted by molar-refractivity contribution is 0.0524. The van der Waals surface area contributed by atoms with Gasteiger partial charge >= 0.3 is 5.97 Å². The first kappa shape index (κ1) is 16.4. The van der Waals surface area contributed by atoms with Crippen LogP contribution in [0.5, 0.6) is 0 Å². The Morgan fingerprint density at radius 2 is 2.20 bits per heavy atom. The van der Waals surface area contributed by atoms with Crippen molar-refractivity contribution in [2.24, 2.45) is 0 Å². The van der Waals surface area contributed by atoms with E-state index < -0.39 is 0 Å². The van der Waals surface area contributed by atoms with E-state index in [4.69, 9.17) is 4.74 Å². The second kappa shape index (κ2) is 7.79. The van der Waals surface area contributed by atoms with E-state index >= 15 is 0 Å². The summed E-state index contributed by atoms with van der Waals surface area (Å²) in [5.74, 6) is 0.166. The molecule has 6 nitrogen and oxygen atoms in total. The van der Waals surface area contributed by atoms with Crippen LogP contribution in [0.25, 0.3) is 0 Å². The van der Waals surface area contributed by atoms with Gasteiger partial charge in [-0.15, -0.1) is 0 Å². The van der Waals surface area contributed by atoms with E-state index in [0.29, 0.717) is 23.8 Å². The molecule has 0 aliphatic heterocycles. The molecule has 0 saturated carbocycles. The van der Waals surface area contributed by atoms with Crippen LogP contribution in [-0.2, 0) is 4.74 Å². The minimum atomic E-state index is -0.378. The van der Waals surface area contributed by atoms with Gasteiger partial charge in [0.1, 0.15) is 0 Å². The molecule has 20 heavy (non-hydrogen) atoms. The molecule has 0 fully saturated rings. The Labute approximate surface area is 120 Å². The van der Waals surface area contributed by atoms with Crippen molar-refractivity contribution in [1.82, 2.24) is 14.9 Å². The van der Waals surface area contributed by atoms with Crippen LogP contribution in [0.4, 0.5) is 5.95 Å². The maximum atomic E-state index is 11.6. The van der Waals surface area contributed by atoms with Crippen molar-refractivity contribution in [1.29, 1.82) is 0 Å². The van der Waals surface area contributed by atoms with Gasteiger partial charge in [-0.1, -0.05) is 0 Å². The molecule has 0 spiro atoms. The molecule has 0 amide bonds. The molecule has 1 unspecified atom stereocenters. The van der Waals surface area contributed by atoms with Gasteiger partial charge in [0.05, 0.1) is 17.9 Å². The van der Waals surface area contributed by atoms with Gasteiger partial charge in [0.25, 0.3) is 0 Å². The van der Waals surface area contributed by atoms with Crippen molar-refractivity contribution < 1.29 is 9.53 Å². The number of anilines is 1. The minimum Gasteiger partial charge on any atom is -0.462 e. The van der Waals surface area contributed by atoms with E-state index in [1.807, 2.05) is 14.1 Å². The van der Waals surface area contributed by atoms with Crippen molar-refractivity contribution in [2.45, 2.75) is 33.2 Å². The molecular formula is C14H24N4O2. The quantitative estimate of drug-likeness (QED) is 0.767. The normalized spacial score (nSPS) is 12.3. The van der Waals surface area contributed by atoms with E-state index in [-0.39, 0.29) is 12.0 Å². The first-order valence-electron chi connectivity index (χ1n) is 6.86. The highest BCUT2D eigenvalue weighted by atomic mass is 16.5. The molecule has 0 saturated heterocycles. The number of ether oxygens (including phenoxy) is 1. The Morgan fingerprint density at radius 3 is 2.75 bits per heavy atom. The number of hydrogen-bond donors (Lipinski definition) is 1. The standard InChI is InChI=1S/C14H24N4O2/c1-6-20-13(19)12-9-15-14(17-11(12)3)16-10(2)7-8-18(4)5/h9-10H,6-8H2,1-5H3,(H,15,16,17). The van der Waals surface area contributed by atoms with Crippen molar-refractivity contribution in [3.05, 3.63) is 17.5 Å². The molecule has 1 atom stereocenters. The monoisotopic (exact) mass is 280 g/mol. The SMILES string of the molecule is CCOC(=O)c1cnc(NC(C)CCN(C)C)nc1C. The molecule has 0 aliphatic carbocycles. The van der Waals surface area contributed by atoms with Crippen LogP contribution in [0.1, 0.15) is 36.3 Å². The summed E-state index contributed by atoms with van der Waals surface area (Å²) >= 11 is 0. The van der Waals surface area contributed by atoms with Gasteiger partial charge in [0, 0.05) is 12.2 Å². The average molecular weight is 280 g/mol. The van der Waals surface area contributed by atoms with Crippen molar-refractivity contribution in [2.75, 3.05) is 32.6 Å². The maximum absolute atomic E-state index is 11.6. The lowest BCUT2D eigenvalue weighted by atomic mass is 10.2. The number of rotatable bonds is 7. The van der Waals surface area contributed by atoms with Crippen molar-refractivity contribution in [3.8, 4) is 0 Å². The average Bonchev–Trinajstić information content (AvgIpc) is 2.36. The van der Waals surface area contributed by atoms with Crippen molar-refractivity contribution in [3.63, 3.8) is 0 Å². The predicted molar refractivity (Wildman–Crippen MR) is 79.0 cm³/mol. The van der Waals surface area contributed by atoms with Crippen LogP contribution >= 0.6 is 0 Å². The highest BCUT2D eigenvalue weighted by molar-refractivity contribution is 5.90. The second-order valence-electron chi connectivity index (χ2n) is 5.05. The summed E-state index contributed by atoms with van der Waals surface area (Å²) < 4.78 is 4.95. The van der Waals surface area contributed by atoms with Gasteiger partial charge < -0.3 is 15.0 Å². The summed E-state index contributed by atoms with van der Waals surface area (Å²) in [6.07, 6.45) is 2.51. The number of carbonyl (C=O) groups is 1. The van der Waals surface area contributed by atoms with Gasteiger partial charge in [-0.05, 0) is 47.8 Å². The van der Waals surface area contributed by atoms with Crippen LogP contribution in [0.15, 0.2) is 6.20 Å². The predicted octanol–water partition coefficient (Wildman–Crippen LogP) is 1.71. The van der Waals surface area contributed by atoms with Gasteiger partial charge in [-0.3, -0.25) is 0 Å². The Bertz CT molecular complexity index is 449.